The minimum Gasteiger partial charge on any atom is -0.478 e. The highest BCUT2D eigenvalue weighted by molar-refractivity contribution is 8.00. The maximum atomic E-state index is 13.5. The van der Waals surface area contributed by atoms with Crippen LogP contribution in [0.25, 0.3) is 0 Å². The van der Waals surface area contributed by atoms with Gasteiger partial charge in [-0.25, -0.2) is 9.18 Å². The van der Waals surface area contributed by atoms with Crippen molar-refractivity contribution < 1.29 is 14.3 Å². The van der Waals surface area contributed by atoms with E-state index in [0.717, 1.165) is 25.3 Å². The number of nitrogen functional groups attached to an aromatic ring is 1. The van der Waals surface area contributed by atoms with Crippen LogP contribution in [0.4, 0.5) is 15.8 Å². The second kappa shape index (κ2) is 5.52. The van der Waals surface area contributed by atoms with Crippen LogP contribution in [0.2, 0.25) is 0 Å². The van der Waals surface area contributed by atoms with Crippen molar-refractivity contribution in [2.75, 3.05) is 29.5 Å². The summed E-state index contributed by atoms with van der Waals surface area (Å²) in [5.74, 6) is -0.965. The summed E-state index contributed by atoms with van der Waals surface area (Å²) in [6, 6.07) is 2.75. The standard InChI is InChI=1S/C14H19FN2O2S/c1-14(2)5-6-17(7-8-20-14)10-4-3-9(15)12(16)11(10)13(18)19/h3-4H,5-8,16H2,1-2H3,(H,18,19). The molecule has 1 aliphatic heterocycles. The van der Waals surface area contributed by atoms with Crippen LogP contribution in [-0.2, 0) is 0 Å². The number of anilines is 2. The van der Waals surface area contributed by atoms with Crippen LogP contribution in [0.3, 0.4) is 0 Å². The van der Waals surface area contributed by atoms with Crippen molar-refractivity contribution in [1.82, 2.24) is 0 Å². The lowest BCUT2D eigenvalue weighted by molar-refractivity contribution is 0.0698. The highest BCUT2D eigenvalue weighted by atomic mass is 32.2. The first-order chi connectivity index (χ1) is 9.32. The Morgan fingerprint density at radius 2 is 2.15 bits per heavy atom. The molecule has 1 fully saturated rings. The second-order valence-corrected chi connectivity index (χ2v) is 7.31. The first kappa shape index (κ1) is 15.0. The summed E-state index contributed by atoms with van der Waals surface area (Å²) in [5.41, 5.74) is 5.69. The third-order valence-electron chi connectivity index (χ3n) is 3.56. The van der Waals surface area contributed by atoms with E-state index in [1.54, 1.807) is 0 Å². The first-order valence-electron chi connectivity index (χ1n) is 6.52. The van der Waals surface area contributed by atoms with Crippen molar-refractivity contribution in [3.05, 3.63) is 23.5 Å². The molecule has 1 heterocycles. The smallest absolute Gasteiger partial charge is 0.340 e. The molecule has 1 saturated heterocycles. The zero-order chi connectivity index (χ0) is 14.9. The fourth-order valence-electron chi connectivity index (χ4n) is 2.33. The molecule has 110 valence electrons. The SMILES string of the molecule is CC1(C)CCN(c2ccc(F)c(N)c2C(=O)O)CCS1. The van der Waals surface area contributed by atoms with Crippen molar-refractivity contribution >= 4 is 29.1 Å². The Balaban J connectivity index is 2.38. The molecule has 1 aromatic rings. The van der Waals surface area contributed by atoms with E-state index < -0.39 is 11.8 Å². The number of rotatable bonds is 2. The van der Waals surface area contributed by atoms with Gasteiger partial charge < -0.3 is 15.7 Å². The summed E-state index contributed by atoms with van der Waals surface area (Å²) in [6.45, 7) is 5.83. The Kier molecular flexibility index (Phi) is 4.13. The van der Waals surface area contributed by atoms with Crippen LogP contribution >= 0.6 is 11.8 Å². The third-order valence-corrected chi connectivity index (χ3v) is 4.93. The average molecular weight is 298 g/mol. The molecule has 2 rings (SSSR count). The number of hydrogen-bond donors (Lipinski definition) is 2. The number of thioether (sulfide) groups is 1. The minimum absolute atomic E-state index is 0.130. The Labute approximate surface area is 122 Å². The lowest BCUT2D eigenvalue weighted by Crippen LogP contribution is -2.29. The van der Waals surface area contributed by atoms with Gasteiger partial charge in [0.25, 0.3) is 0 Å². The van der Waals surface area contributed by atoms with Crippen molar-refractivity contribution in [2.24, 2.45) is 0 Å². The Hall–Kier alpha value is -1.43. The summed E-state index contributed by atoms with van der Waals surface area (Å²) in [6.07, 6.45) is 0.938. The molecule has 3 N–H and O–H groups in total. The molecule has 6 heteroatoms. The topological polar surface area (TPSA) is 66.6 Å². The van der Waals surface area contributed by atoms with Gasteiger partial charge in [-0.05, 0) is 18.6 Å². The van der Waals surface area contributed by atoms with Gasteiger partial charge in [0.1, 0.15) is 11.4 Å². The van der Waals surface area contributed by atoms with Crippen LogP contribution in [0.5, 0.6) is 0 Å². The van der Waals surface area contributed by atoms with Crippen molar-refractivity contribution in [3.63, 3.8) is 0 Å². The fourth-order valence-corrected chi connectivity index (χ4v) is 3.43. The molecule has 0 spiro atoms. The molecule has 0 atom stereocenters. The predicted molar refractivity (Wildman–Crippen MR) is 81.1 cm³/mol. The number of nitrogens with zero attached hydrogens (tertiary/aromatic N) is 1. The molecule has 20 heavy (non-hydrogen) atoms. The van der Waals surface area contributed by atoms with E-state index in [2.05, 4.69) is 13.8 Å². The van der Waals surface area contributed by atoms with E-state index in [1.165, 1.54) is 12.1 Å². The van der Waals surface area contributed by atoms with Gasteiger partial charge in [0, 0.05) is 23.6 Å². The molecule has 0 saturated carbocycles. The zero-order valence-electron chi connectivity index (χ0n) is 11.6. The Bertz CT molecular complexity index is 534. The maximum Gasteiger partial charge on any atom is 0.340 e. The number of nitrogens with two attached hydrogens (primary N) is 1. The van der Waals surface area contributed by atoms with E-state index in [9.17, 15) is 14.3 Å². The normalized spacial score (nSPS) is 18.6. The van der Waals surface area contributed by atoms with E-state index in [4.69, 9.17) is 5.73 Å². The molecule has 0 aromatic heterocycles. The van der Waals surface area contributed by atoms with Crippen LogP contribution < -0.4 is 10.6 Å². The van der Waals surface area contributed by atoms with Gasteiger partial charge in [-0.3, -0.25) is 0 Å². The van der Waals surface area contributed by atoms with Gasteiger partial charge in [-0.2, -0.15) is 11.8 Å². The number of carbonyl (C=O) groups is 1. The number of carboxylic acids is 1. The fraction of sp³-hybridized carbons (Fsp3) is 0.500. The van der Waals surface area contributed by atoms with Gasteiger partial charge in [-0.15, -0.1) is 0 Å². The number of benzene rings is 1. The van der Waals surface area contributed by atoms with E-state index in [1.807, 2.05) is 16.7 Å². The van der Waals surface area contributed by atoms with Crippen molar-refractivity contribution in [3.8, 4) is 0 Å². The monoisotopic (exact) mass is 298 g/mol. The predicted octanol–water partition coefficient (Wildman–Crippen LogP) is 2.83. The molecule has 0 unspecified atom stereocenters. The summed E-state index contributed by atoms with van der Waals surface area (Å²) >= 11 is 1.87. The lowest BCUT2D eigenvalue weighted by atomic mass is 10.1. The third kappa shape index (κ3) is 3.00. The molecule has 0 bridgehead atoms. The maximum absolute atomic E-state index is 13.5. The summed E-state index contributed by atoms with van der Waals surface area (Å²) < 4.78 is 13.6. The van der Waals surface area contributed by atoms with E-state index >= 15 is 0 Å². The van der Waals surface area contributed by atoms with Gasteiger partial charge >= 0.3 is 5.97 Å². The second-order valence-electron chi connectivity index (χ2n) is 5.51. The molecular formula is C14H19FN2O2S. The first-order valence-corrected chi connectivity index (χ1v) is 7.50. The average Bonchev–Trinajstić information content (AvgIpc) is 2.53. The molecule has 1 aromatic carbocycles. The van der Waals surface area contributed by atoms with Crippen molar-refractivity contribution in [1.29, 1.82) is 0 Å². The molecule has 0 amide bonds. The molecule has 1 aliphatic rings. The highest BCUT2D eigenvalue weighted by Gasteiger charge is 2.27. The van der Waals surface area contributed by atoms with Gasteiger partial charge in [-0.1, -0.05) is 13.8 Å². The summed E-state index contributed by atoms with van der Waals surface area (Å²) in [5, 5.41) is 9.30. The van der Waals surface area contributed by atoms with Crippen LogP contribution in [0, 0.1) is 5.82 Å². The minimum atomic E-state index is -1.19. The molecule has 4 nitrogen and oxygen atoms in total. The number of carboxylic acid groups (broad SMARTS) is 1. The van der Waals surface area contributed by atoms with Gasteiger partial charge in [0.2, 0.25) is 0 Å². The summed E-state index contributed by atoms with van der Waals surface area (Å²) in [4.78, 5) is 13.4. The van der Waals surface area contributed by atoms with Crippen LogP contribution in [0.1, 0.15) is 30.6 Å². The van der Waals surface area contributed by atoms with E-state index in [0.29, 0.717) is 5.69 Å². The Morgan fingerprint density at radius 1 is 1.45 bits per heavy atom. The van der Waals surface area contributed by atoms with Crippen molar-refractivity contribution in [2.45, 2.75) is 25.0 Å². The lowest BCUT2D eigenvalue weighted by Gasteiger charge is -2.26. The quantitative estimate of drug-likeness (QED) is 0.822. The summed E-state index contributed by atoms with van der Waals surface area (Å²) in [7, 11) is 0. The van der Waals surface area contributed by atoms with Gasteiger partial charge in [0.15, 0.2) is 0 Å². The molecule has 0 aliphatic carbocycles. The Morgan fingerprint density at radius 3 is 2.80 bits per heavy atom. The largest absolute Gasteiger partial charge is 0.478 e. The molecule has 0 radical (unpaired) electrons. The van der Waals surface area contributed by atoms with Crippen LogP contribution in [-0.4, -0.2) is 34.7 Å². The zero-order valence-corrected chi connectivity index (χ0v) is 12.5. The van der Waals surface area contributed by atoms with E-state index in [-0.39, 0.29) is 16.0 Å². The number of hydrogen-bond acceptors (Lipinski definition) is 4. The number of aromatic carboxylic acids is 1. The number of halogens is 1. The van der Waals surface area contributed by atoms with Gasteiger partial charge in [0.05, 0.1) is 11.4 Å². The highest BCUT2D eigenvalue weighted by Crippen LogP contribution is 2.35. The molecular weight excluding hydrogens is 279 g/mol. The van der Waals surface area contributed by atoms with Crippen LogP contribution in [0.15, 0.2) is 12.1 Å².